The van der Waals surface area contributed by atoms with E-state index in [2.05, 4.69) is 36.7 Å². The van der Waals surface area contributed by atoms with Crippen molar-refractivity contribution in [3.63, 3.8) is 0 Å². The van der Waals surface area contributed by atoms with Crippen molar-refractivity contribution in [2.24, 2.45) is 5.92 Å². The monoisotopic (exact) mass is 179 g/mol. The maximum atomic E-state index is 4.18. The minimum Gasteiger partial charge on any atom is -0.269 e. The van der Waals surface area contributed by atoms with E-state index in [1.807, 2.05) is 6.07 Å². The average molecular weight is 179 g/mol. The van der Waals surface area contributed by atoms with E-state index < -0.39 is 0 Å². The van der Waals surface area contributed by atoms with Crippen molar-refractivity contribution in [1.82, 2.24) is 9.78 Å². The van der Waals surface area contributed by atoms with Gasteiger partial charge in [0.15, 0.2) is 0 Å². The lowest BCUT2D eigenvalue weighted by Gasteiger charge is -2.07. The zero-order valence-electron chi connectivity index (χ0n) is 8.88. The molecule has 2 heteroatoms. The maximum Gasteiger partial charge on any atom is 0.113 e. The molecule has 0 aliphatic rings. The first-order valence-corrected chi connectivity index (χ1v) is 5.16. The SMILES string of the molecule is CCc1c[c]nn1CCCC(C)C. The van der Waals surface area contributed by atoms with Gasteiger partial charge in [0.1, 0.15) is 6.20 Å². The number of aromatic nitrogens is 2. The van der Waals surface area contributed by atoms with Crippen LogP contribution in [0.2, 0.25) is 0 Å². The van der Waals surface area contributed by atoms with Gasteiger partial charge in [-0.15, -0.1) is 0 Å². The fraction of sp³-hybridized carbons (Fsp3) is 0.727. The molecular weight excluding hydrogens is 160 g/mol. The van der Waals surface area contributed by atoms with Crippen LogP contribution in [0, 0.1) is 12.1 Å². The zero-order valence-corrected chi connectivity index (χ0v) is 8.88. The Hall–Kier alpha value is -0.790. The first kappa shape index (κ1) is 10.3. The second kappa shape index (κ2) is 5.05. The largest absolute Gasteiger partial charge is 0.269 e. The van der Waals surface area contributed by atoms with Crippen LogP contribution in [0.15, 0.2) is 6.07 Å². The number of hydrogen-bond donors (Lipinski definition) is 0. The minimum atomic E-state index is 0.796. The summed E-state index contributed by atoms with van der Waals surface area (Å²) in [4.78, 5) is 0. The highest BCUT2D eigenvalue weighted by molar-refractivity contribution is 4.98. The van der Waals surface area contributed by atoms with Gasteiger partial charge in [0.05, 0.1) is 0 Å². The third kappa shape index (κ3) is 3.21. The van der Waals surface area contributed by atoms with Crippen LogP contribution in [-0.4, -0.2) is 9.78 Å². The van der Waals surface area contributed by atoms with E-state index in [4.69, 9.17) is 0 Å². The maximum absolute atomic E-state index is 4.18. The van der Waals surface area contributed by atoms with E-state index >= 15 is 0 Å². The molecule has 1 aromatic heterocycles. The van der Waals surface area contributed by atoms with Gasteiger partial charge in [-0.3, -0.25) is 4.68 Å². The van der Waals surface area contributed by atoms with Gasteiger partial charge in [-0.05, 0) is 31.2 Å². The van der Waals surface area contributed by atoms with Crippen LogP contribution in [0.3, 0.4) is 0 Å². The second-order valence-corrected chi connectivity index (χ2v) is 3.88. The lowest BCUT2D eigenvalue weighted by molar-refractivity contribution is 0.481. The average Bonchev–Trinajstić information content (AvgIpc) is 2.51. The fourth-order valence-electron chi connectivity index (χ4n) is 1.44. The molecule has 1 rings (SSSR count). The Morgan fingerprint density at radius 2 is 2.31 bits per heavy atom. The molecule has 0 bridgehead atoms. The molecule has 13 heavy (non-hydrogen) atoms. The molecule has 0 amide bonds. The molecule has 0 saturated carbocycles. The van der Waals surface area contributed by atoms with E-state index in [0.29, 0.717) is 0 Å². The summed E-state index contributed by atoms with van der Waals surface area (Å²) in [5, 5.41) is 4.18. The van der Waals surface area contributed by atoms with E-state index in [1.54, 1.807) is 0 Å². The molecular formula is C11H19N2. The van der Waals surface area contributed by atoms with Crippen molar-refractivity contribution < 1.29 is 0 Å². The van der Waals surface area contributed by atoms with Crippen molar-refractivity contribution in [2.75, 3.05) is 0 Å². The summed E-state index contributed by atoms with van der Waals surface area (Å²) in [5.74, 6) is 0.796. The molecule has 0 N–H and O–H groups in total. The van der Waals surface area contributed by atoms with Gasteiger partial charge in [0.25, 0.3) is 0 Å². The molecule has 0 unspecified atom stereocenters. The Morgan fingerprint density at radius 3 is 2.92 bits per heavy atom. The van der Waals surface area contributed by atoms with Crippen LogP contribution in [0.25, 0.3) is 0 Å². The van der Waals surface area contributed by atoms with Crippen LogP contribution >= 0.6 is 0 Å². The summed E-state index contributed by atoms with van der Waals surface area (Å²) in [7, 11) is 0. The Kier molecular flexibility index (Phi) is 4.00. The topological polar surface area (TPSA) is 17.8 Å². The molecule has 0 aliphatic heterocycles. The first-order chi connectivity index (χ1) is 6.24. The van der Waals surface area contributed by atoms with E-state index in [1.165, 1.54) is 18.5 Å². The Bertz CT molecular complexity index is 238. The van der Waals surface area contributed by atoms with E-state index in [0.717, 1.165) is 18.9 Å². The second-order valence-electron chi connectivity index (χ2n) is 3.88. The summed E-state index contributed by atoms with van der Waals surface area (Å²) < 4.78 is 2.07. The van der Waals surface area contributed by atoms with Crippen LogP contribution < -0.4 is 0 Å². The molecule has 0 atom stereocenters. The summed E-state index contributed by atoms with van der Waals surface area (Å²) >= 11 is 0. The highest BCUT2D eigenvalue weighted by Crippen LogP contribution is 2.06. The van der Waals surface area contributed by atoms with Gasteiger partial charge in [-0.1, -0.05) is 20.8 Å². The summed E-state index contributed by atoms with van der Waals surface area (Å²) in [5.41, 5.74) is 1.30. The van der Waals surface area contributed by atoms with Gasteiger partial charge < -0.3 is 0 Å². The lowest BCUT2D eigenvalue weighted by Crippen LogP contribution is -2.05. The Morgan fingerprint density at radius 1 is 1.54 bits per heavy atom. The smallest absolute Gasteiger partial charge is 0.113 e. The van der Waals surface area contributed by atoms with E-state index in [9.17, 15) is 0 Å². The minimum absolute atomic E-state index is 0.796. The molecule has 0 aliphatic carbocycles. The lowest BCUT2D eigenvalue weighted by atomic mass is 10.1. The Balaban J connectivity index is 2.36. The molecule has 0 spiro atoms. The quantitative estimate of drug-likeness (QED) is 0.679. The number of hydrogen-bond acceptors (Lipinski definition) is 1. The third-order valence-corrected chi connectivity index (χ3v) is 2.25. The van der Waals surface area contributed by atoms with Crippen molar-refractivity contribution in [3.05, 3.63) is 18.0 Å². The predicted molar refractivity (Wildman–Crippen MR) is 54.5 cm³/mol. The summed E-state index contributed by atoms with van der Waals surface area (Å²) in [6, 6.07) is 1.98. The van der Waals surface area contributed by atoms with Gasteiger partial charge >= 0.3 is 0 Å². The summed E-state index contributed by atoms with van der Waals surface area (Å²) in [6.45, 7) is 7.72. The van der Waals surface area contributed by atoms with Crippen molar-refractivity contribution >= 4 is 0 Å². The van der Waals surface area contributed by atoms with Crippen LogP contribution in [-0.2, 0) is 13.0 Å². The molecule has 2 nitrogen and oxygen atoms in total. The van der Waals surface area contributed by atoms with Crippen LogP contribution in [0.5, 0.6) is 0 Å². The zero-order chi connectivity index (χ0) is 9.68. The highest BCUT2D eigenvalue weighted by atomic mass is 15.3. The fourth-order valence-corrected chi connectivity index (χ4v) is 1.44. The number of rotatable bonds is 5. The van der Waals surface area contributed by atoms with Crippen molar-refractivity contribution in [3.8, 4) is 0 Å². The molecule has 73 valence electrons. The molecule has 1 aromatic rings. The van der Waals surface area contributed by atoms with E-state index in [-0.39, 0.29) is 0 Å². The molecule has 0 aromatic carbocycles. The van der Waals surface area contributed by atoms with Gasteiger partial charge in [0, 0.05) is 12.2 Å². The number of aryl methyl sites for hydroxylation is 2. The van der Waals surface area contributed by atoms with Gasteiger partial charge in [-0.2, -0.15) is 5.10 Å². The first-order valence-electron chi connectivity index (χ1n) is 5.16. The number of nitrogens with zero attached hydrogens (tertiary/aromatic N) is 2. The van der Waals surface area contributed by atoms with Crippen molar-refractivity contribution in [1.29, 1.82) is 0 Å². The molecule has 1 radical (unpaired) electrons. The molecule has 0 fully saturated rings. The van der Waals surface area contributed by atoms with Gasteiger partial charge in [0.2, 0.25) is 0 Å². The van der Waals surface area contributed by atoms with Gasteiger partial charge in [-0.25, -0.2) is 0 Å². The molecule has 1 heterocycles. The third-order valence-electron chi connectivity index (χ3n) is 2.25. The predicted octanol–water partition coefficient (Wildman–Crippen LogP) is 2.68. The van der Waals surface area contributed by atoms with Crippen LogP contribution in [0.1, 0.15) is 39.3 Å². The van der Waals surface area contributed by atoms with Crippen molar-refractivity contribution in [2.45, 2.75) is 46.6 Å². The molecule has 0 saturated heterocycles. The highest BCUT2D eigenvalue weighted by Gasteiger charge is 2.00. The van der Waals surface area contributed by atoms with Crippen LogP contribution in [0.4, 0.5) is 0 Å². The standard InChI is InChI=1S/C11H19N2/c1-4-11-7-8-12-13(11)9-5-6-10(2)3/h7,10H,4-6,9H2,1-3H3. The summed E-state index contributed by atoms with van der Waals surface area (Å²) in [6.07, 6.45) is 6.46. The Labute approximate surface area is 81.0 Å². The normalized spacial score (nSPS) is 11.1.